The summed E-state index contributed by atoms with van der Waals surface area (Å²) in [6, 6.07) is 8.16. The molecule has 0 unspecified atom stereocenters. The third-order valence-corrected chi connectivity index (χ3v) is 3.49. The van der Waals surface area contributed by atoms with Crippen molar-refractivity contribution in [2.24, 2.45) is 0 Å². The fourth-order valence-electron chi connectivity index (χ4n) is 1.61. The van der Waals surface area contributed by atoms with Gasteiger partial charge in [-0.25, -0.2) is 8.78 Å². The predicted molar refractivity (Wildman–Crippen MR) is 73.5 cm³/mol. The highest BCUT2D eigenvalue weighted by Gasteiger charge is 2.12. The van der Waals surface area contributed by atoms with Crippen LogP contribution in [-0.2, 0) is 6.42 Å². The average molecular weight is 346 g/mol. The molecule has 0 amide bonds. The maximum Gasteiger partial charge on any atom is 0.167 e. The van der Waals surface area contributed by atoms with Gasteiger partial charge in [-0.1, -0.05) is 23.7 Å². The standard InChI is InChI=1S/C14H8BrClF2O/c15-11-4-2-9(5-13(11)18)14(19)6-8-1-3-10(16)7-12(8)17/h1-5,7H,6H2. The van der Waals surface area contributed by atoms with Crippen LogP contribution in [0.4, 0.5) is 8.78 Å². The van der Waals surface area contributed by atoms with Crippen molar-refractivity contribution in [2.45, 2.75) is 6.42 Å². The van der Waals surface area contributed by atoms with Gasteiger partial charge >= 0.3 is 0 Å². The number of hydrogen-bond acceptors (Lipinski definition) is 1. The maximum absolute atomic E-state index is 13.6. The number of carbonyl (C=O) groups is 1. The number of rotatable bonds is 3. The Morgan fingerprint density at radius 2 is 1.84 bits per heavy atom. The largest absolute Gasteiger partial charge is 0.294 e. The van der Waals surface area contributed by atoms with Gasteiger partial charge in [0.2, 0.25) is 0 Å². The van der Waals surface area contributed by atoms with Crippen molar-refractivity contribution in [2.75, 3.05) is 0 Å². The molecule has 2 aromatic carbocycles. The van der Waals surface area contributed by atoms with Crippen LogP contribution in [0, 0.1) is 11.6 Å². The Bertz CT molecular complexity index is 643. The summed E-state index contributed by atoms with van der Waals surface area (Å²) in [4.78, 5) is 11.9. The van der Waals surface area contributed by atoms with E-state index in [1.165, 1.54) is 24.3 Å². The number of ketones is 1. The van der Waals surface area contributed by atoms with Crippen LogP contribution in [0.25, 0.3) is 0 Å². The lowest BCUT2D eigenvalue weighted by Crippen LogP contribution is -2.05. The van der Waals surface area contributed by atoms with Crippen molar-refractivity contribution >= 4 is 33.3 Å². The third kappa shape index (κ3) is 3.39. The summed E-state index contributed by atoms with van der Waals surface area (Å²) in [6.45, 7) is 0. The van der Waals surface area contributed by atoms with Gasteiger partial charge in [-0.3, -0.25) is 4.79 Å². The molecular weight excluding hydrogens is 338 g/mol. The van der Waals surface area contributed by atoms with Gasteiger partial charge in [0, 0.05) is 17.0 Å². The second kappa shape index (κ2) is 5.80. The van der Waals surface area contributed by atoms with Crippen molar-refractivity contribution in [3.8, 4) is 0 Å². The highest BCUT2D eigenvalue weighted by molar-refractivity contribution is 9.10. The molecule has 0 spiro atoms. The lowest BCUT2D eigenvalue weighted by Gasteiger charge is -2.04. The van der Waals surface area contributed by atoms with Crippen molar-refractivity contribution in [1.82, 2.24) is 0 Å². The van der Waals surface area contributed by atoms with E-state index in [-0.39, 0.29) is 32.8 Å². The molecule has 0 heterocycles. The molecule has 0 fully saturated rings. The molecule has 2 aromatic rings. The van der Waals surface area contributed by atoms with Crippen molar-refractivity contribution < 1.29 is 13.6 Å². The molecule has 0 atom stereocenters. The first kappa shape index (κ1) is 14.2. The predicted octanol–water partition coefficient (Wildman–Crippen LogP) is 4.81. The fourth-order valence-corrected chi connectivity index (χ4v) is 2.02. The SMILES string of the molecule is O=C(Cc1ccc(Cl)cc1F)c1ccc(Br)c(F)c1. The molecule has 0 aromatic heterocycles. The Labute approximate surface area is 122 Å². The van der Waals surface area contributed by atoms with Gasteiger partial charge in [0.25, 0.3) is 0 Å². The van der Waals surface area contributed by atoms with E-state index in [9.17, 15) is 13.6 Å². The van der Waals surface area contributed by atoms with Crippen molar-refractivity contribution in [3.63, 3.8) is 0 Å². The maximum atomic E-state index is 13.6. The molecule has 0 N–H and O–H groups in total. The molecule has 0 saturated carbocycles. The van der Waals surface area contributed by atoms with Crippen LogP contribution in [0.3, 0.4) is 0 Å². The van der Waals surface area contributed by atoms with Gasteiger partial charge < -0.3 is 0 Å². The molecular formula is C14H8BrClF2O. The first-order valence-corrected chi connectivity index (χ1v) is 6.56. The molecule has 0 saturated heterocycles. The van der Waals surface area contributed by atoms with Gasteiger partial charge in [-0.2, -0.15) is 0 Å². The molecule has 0 radical (unpaired) electrons. The zero-order valence-corrected chi connectivity index (χ0v) is 11.9. The second-order valence-corrected chi connectivity index (χ2v) is 5.26. The Kier molecular flexibility index (Phi) is 4.32. The third-order valence-electron chi connectivity index (χ3n) is 2.61. The van der Waals surface area contributed by atoms with E-state index in [0.29, 0.717) is 0 Å². The van der Waals surface area contributed by atoms with E-state index in [1.54, 1.807) is 0 Å². The summed E-state index contributed by atoms with van der Waals surface area (Å²) in [6.07, 6.45) is -0.135. The van der Waals surface area contributed by atoms with E-state index in [0.717, 1.165) is 12.1 Å². The summed E-state index contributed by atoms with van der Waals surface area (Å²) < 4.78 is 27.2. The summed E-state index contributed by atoms with van der Waals surface area (Å²) in [7, 11) is 0. The number of carbonyl (C=O) groups excluding carboxylic acids is 1. The lowest BCUT2D eigenvalue weighted by molar-refractivity contribution is 0.0991. The van der Waals surface area contributed by atoms with Gasteiger partial charge in [0.1, 0.15) is 11.6 Å². The second-order valence-electron chi connectivity index (χ2n) is 3.96. The monoisotopic (exact) mass is 344 g/mol. The molecule has 1 nitrogen and oxygen atoms in total. The van der Waals surface area contributed by atoms with Crippen LogP contribution in [0.2, 0.25) is 5.02 Å². The minimum Gasteiger partial charge on any atom is -0.294 e. The van der Waals surface area contributed by atoms with Gasteiger partial charge in [0.05, 0.1) is 4.47 Å². The quantitative estimate of drug-likeness (QED) is 0.730. The number of hydrogen-bond donors (Lipinski definition) is 0. The van der Waals surface area contributed by atoms with E-state index in [1.807, 2.05) is 0 Å². The zero-order valence-electron chi connectivity index (χ0n) is 9.59. The normalized spacial score (nSPS) is 10.5. The van der Waals surface area contributed by atoms with E-state index in [4.69, 9.17) is 11.6 Å². The minimum atomic E-state index is -0.543. The van der Waals surface area contributed by atoms with Gasteiger partial charge in [0.15, 0.2) is 5.78 Å². The molecule has 0 aliphatic heterocycles. The van der Waals surface area contributed by atoms with Crippen LogP contribution < -0.4 is 0 Å². The highest BCUT2D eigenvalue weighted by Crippen LogP contribution is 2.19. The first-order valence-electron chi connectivity index (χ1n) is 5.39. The molecule has 5 heteroatoms. The van der Waals surface area contributed by atoms with Crippen LogP contribution in [0.1, 0.15) is 15.9 Å². The van der Waals surface area contributed by atoms with Crippen LogP contribution >= 0.6 is 27.5 Å². The summed E-state index contributed by atoms with van der Waals surface area (Å²) >= 11 is 8.63. The Balaban J connectivity index is 2.23. The smallest absolute Gasteiger partial charge is 0.167 e. The van der Waals surface area contributed by atoms with E-state index in [2.05, 4.69) is 15.9 Å². The Morgan fingerprint density at radius 1 is 1.11 bits per heavy atom. The van der Waals surface area contributed by atoms with E-state index < -0.39 is 11.6 Å². The van der Waals surface area contributed by atoms with E-state index >= 15 is 0 Å². The Morgan fingerprint density at radius 3 is 2.47 bits per heavy atom. The van der Waals surface area contributed by atoms with Gasteiger partial charge in [-0.15, -0.1) is 0 Å². The fraction of sp³-hybridized carbons (Fsp3) is 0.0714. The molecule has 0 aliphatic rings. The Hall–Kier alpha value is -1.26. The summed E-state index contributed by atoms with van der Waals surface area (Å²) in [5, 5.41) is 0.267. The highest BCUT2D eigenvalue weighted by atomic mass is 79.9. The molecule has 2 rings (SSSR count). The van der Waals surface area contributed by atoms with Crippen LogP contribution in [0.15, 0.2) is 40.9 Å². The number of benzene rings is 2. The summed E-state index contributed by atoms with van der Waals surface area (Å²) in [5.74, 6) is -1.42. The summed E-state index contributed by atoms with van der Waals surface area (Å²) in [5.41, 5.74) is 0.438. The number of Topliss-reactive ketones (excluding diaryl/α,β-unsaturated/α-hetero) is 1. The number of halogens is 4. The lowest BCUT2D eigenvalue weighted by atomic mass is 10.0. The van der Waals surface area contributed by atoms with Crippen molar-refractivity contribution in [1.29, 1.82) is 0 Å². The van der Waals surface area contributed by atoms with Crippen molar-refractivity contribution in [3.05, 3.63) is 68.7 Å². The topological polar surface area (TPSA) is 17.1 Å². The van der Waals surface area contributed by atoms with Crippen LogP contribution in [-0.4, -0.2) is 5.78 Å². The molecule has 0 bridgehead atoms. The van der Waals surface area contributed by atoms with Crippen LogP contribution in [0.5, 0.6) is 0 Å². The molecule has 98 valence electrons. The minimum absolute atomic E-state index is 0.135. The zero-order chi connectivity index (χ0) is 14.0. The molecule has 19 heavy (non-hydrogen) atoms. The molecule has 0 aliphatic carbocycles. The first-order chi connectivity index (χ1) is 8.97. The van der Waals surface area contributed by atoms with Gasteiger partial charge in [-0.05, 0) is 45.8 Å². The average Bonchev–Trinajstić information content (AvgIpc) is 2.36.